The number of benzene rings is 1. The SMILES string of the molecule is COc1ccc(C)cc1C(=O)c1cc2c(s1)CCC2. The van der Waals surface area contributed by atoms with E-state index in [1.165, 1.54) is 16.9 Å². The van der Waals surface area contributed by atoms with Gasteiger partial charge < -0.3 is 4.74 Å². The highest BCUT2D eigenvalue weighted by Gasteiger charge is 2.21. The zero-order valence-electron chi connectivity index (χ0n) is 11.2. The molecule has 0 fully saturated rings. The molecule has 2 aromatic rings. The molecule has 1 heterocycles. The molecule has 0 amide bonds. The highest BCUT2D eigenvalue weighted by Crippen LogP contribution is 2.33. The van der Waals surface area contributed by atoms with Gasteiger partial charge in [0.05, 0.1) is 17.6 Å². The van der Waals surface area contributed by atoms with Crippen molar-refractivity contribution in [3.63, 3.8) is 0 Å². The van der Waals surface area contributed by atoms with E-state index in [1.54, 1.807) is 18.4 Å². The van der Waals surface area contributed by atoms with Gasteiger partial charge in [-0.05, 0) is 49.9 Å². The van der Waals surface area contributed by atoms with Gasteiger partial charge >= 0.3 is 0 Å². The molecule has 1 aromatic heterocycles. The third-order valence-electron chi connectivity index (χ3n) is 3.57. The summed E-state index contributed by atoms with van der Waals surface area (Å²) < 4.78 is 5.30. The first kappa shape index (κ1) is 12.4. The first-order valence-electron chi connectivity index (χ1n) is 6.50. The number of carbonyl (C=O) groups excluding carboxylic acids is 1. The average molecular weight is 272 g/mol. The standard InChI is InChI=1S/C16H16O2S/c1-10-6-7-13(18-2)12(8-10)16(17)15-9-11-4-3-5-14(11)19-15/h6-9H,3-5H2,1-2H3. The van der Waals surface area contributed by atoms with Crippen LogP contribution in [-0.2, 0) is 12.8 Å². The van der Waals surface area contributed by atoms with E-state index in [-0.39, 0.29) is 5.78 Å². The molecule has 0 radical (unpaired) electrons. The van der Waals surface area contributed by atoms with Crippen molar-refractivity contribution in [2.75, 3.05) is 7.11 Å². The molecule has 98 valence electrons. The van der Waals surface area contributed by atoms with Gasteiger partial charge in [-0.1, -0.05) is 11.6 Å². The molecule has 0 aliphatic heterocycles. The Bertz CT molecular complexity index is 619. The third-order valence-corrected chi connectivity index (χ3v) is 4.81. The number of ketones is 1. The Morgan fingerprint density at radius 3 is 2.84 bits per heavy atom. The Hall–Kier alpha value is -1.61. The third kappa shape index (κ3) is 2.19. The van der Waals surface area contributed by atoms with Crippen molar-refractivity contribution < 1.29 is 9.53 Å². The summed E-state index contributed by atoms with van der Waals surface area (Å²) in [6.45, 7) is 1.99. The predicted molar refractivity (Wildman–Crippen MR) is 77.5 cm³/mol. The van der Waals surface area contributed by atoms with Crippen LogP contribution in [0.5, 0.6) is 5.75 Å². The lowest BCUT2D eigenvalue weighted by Gasteiger charge is -2.07. The summed E-state index contributed by atoms with van der Waals surface area (Å²) in [7, 11) is 1.61. The fraction of sp³-hybridized carbons (Fsp3) is 0.312. The minimum absolute atomic E-state index is 0.0833. The van der Waals surface area contributed by atoms with Gasteiger partial charge in [-0.25, -0.2) is 0 Å². The number of methoxy groups -OCH3 is 1. The Labute approximate surface area is 117 Å². The summed E-state index contributed by atoms with van der Waals surface area (Å²) in [6.07, 6.45) is 3.46. The minimum Gasteiger partial charge on any atom is -0.496 e. The van der Waals surface area contributed by atoms with Crippen LogP contribution >= 0.6 is 11.3 Å². The lowest BCUT2D eigenvalue weighted by Crippen LogP contribution is -2.02. The van der Waals surface area contributed by atoms with Crippen LogP contribution in [0.15, 0.2) is 24.3 Å². The molecule has 0 spiro atoms. The van der Waals surface area contributed by atoms with E-state index in [2.05, 4.69) is 6.07 Å². The van der Waals surface area contributed by atoms with Gasteiger partial charge in [0.2, 0.25) is 5.78 Å². The highest BCUT2D eigenvalue weighted by atomic mass is 32.1. The maximum absolute atomic E-state index is 12.6. The largest absolute Gasteiger partial charge is 0.496 e. The monoisotopic (exact) mass is 272 g/mol. The molecule has 0 atom stereocenters. The van der Waals surface area contributed by atoms with Crippen LogP contribution in [0.1, 0.15) is 37.7 Å². The van der Waals surface area contributed by atoms with Crippen LogP contribution in [0.3, 0.4) is 0 Å². The summed E-state index contributed by atoms with van der Waals surface area (Å²) in [5, 5.41) is 0. The molecular weight excluding hydrogens is 256 g/mol. The van der Waals surface area contributed by atoms with E-state index < -0.39 is 0 Å². The Kier molecular flexibility index (Phi) is 3.15. The molecule has 1 aliphatic carbocycles. The van der Waals surface area contributed by atoms with Gasteiger partial charge in [0.15, 0.2) is 0 Å². The number of carbonyl (C=O) groups is 1. The number of hydrogen-bond acceptors (Lipinski definition) is 3. The van der Waals surface area contributed by atoms with E-state index in [0.29, 0.717) is 11.3 Å². The van der Waals surface area contributed by atoms with Crippen molar-refractivity contribution in [3.8, 4) is 5.75 Å². The van der Waals surface area contributed by atoms with Crippen molar-refractivity contribution in [1.29, 1.82) is 0 Å². The number of ether oxygens (including phenoxy) is 1. The Morgan fingerprint density at radius 1 is 1.26 bits per heavy atom. The number of thiophene rings is 1. The maximum atomic E-state index is 12.6. The Balaban J connectivity index is 2.01. The van der Waals surface area contributed by atoms with E-state index in [4.69, 9.17) is 4.74 Å². The number of fused-ring (bicyclic) bond motifs is 1. The molecule has 3 heteroatoms. The number of rotatable bonds is 3. The average Bonchev–Trinajstić information content (AvgIpc) is 2.98. The lowest BCUT2D eigenvalue weighted by atomic mass is 10.0. The molecule has 2 nitrogen and oxygen atoms in total. The van der Waals surface area contributed by atoms with Crippen LogP contribution in [0.25, 0.3) is 0 Å². The second kappa shape index (κ2) is 4.82. The van der Waals surface area contributed by atoms with Crippen molar-refractivity contribution in [3.05, 3.63) is 50.7 Å². The van der Waals surface area contributed by atoms with Gasteiger partial charge in [-0.15, -0.1) is 11.3 Å². The molecule has 0 unspecified atom stereocenters. The van der Waals surface area contributed by atoms with Crippen molar-refractivity contribution >= 4 is 17.1 Å². The zero-order valence-corrected chi connectivity index (χ0v) is 12.0. The first-order chi connectivity index (χ1) is 9.19. The molecule has 1 aliphatic rings. The second-order valence-corrected chi connectivity index (χ2v) is 6.08. The normalized spacial score (nSPS) is 13.4. The van der Waals surface area contributed by atoms with Crippen LogP contribution < -0.4 is 4.74 Å². The Morgan fingerprint density at radius 2 is 2.11 bits per heavy atom. The van der Waals surface area contributed by atoms with Crippen molar-refractivity contribution in [1.82, 2.24) is 0 Å². The summed E-state index contributed by atoms with van der Waals surface area (Å²) in [5.41, 5.74) is 3.11. The molecule has 0 saturated carbocycles. The molecule has 3 rings (SSSR count). The second-order valence-electron chi connectivity index (χ2n) is 4.95. The van der Waals surface area contributed by atoms with Crippen molar-refractivity contribution in [2.45, 2.75) is 26.2 Å². The first-order valence-corrected chi connectivity index (χ1v) is 7.31. The zero-order chi connectivity index (χ0) is 13.4. The molecule has 0 N–H and O–H groups in total. The topological polar surface area (TPSA) is 26.3 Å². The molecule has 1 aromatic carbocycles. The van der Waals surface area contributed by atoms with E-state index in [1.807, 2.05) is 25.1 Å². The quantitative estimate of drug-likeness (QED) is 0.795. The van der Waals surface area contributed by atoms with Gasteiger partial charge in [0, 0.05) is 4.88 Å². The number of aryl methyl sites for hydroxylation is 3. The van der Waals surface area contributed by atoms with E-state index >= 15 is 0 Å². The van der Waals surface area contributed by atoms with Gasteiger partial charge in [-0.3, -0.25) is 4.79 Å². The van der Waals surface area contributed by atoms with Crippen LogP contribution in [0.2, 0.25) is 0 Å². The summed E-state index contributed by atoms with van der Waals surface area (Å²) in [6, 6.07) is 7.80. The summed E-state index contributed by atoms with van der Waals surface area (Å²) in [4.78, 5) is 14.8. The minimum atomic E-state index is 0.0833. The summed E-state index contributed by atoms with van der Waals surface area (Å²) in [5.74, 6) is 0.740. The smallest absolute Gasteiger partial charge is 0.206 e. The van der Waals surface area contributed by atoms with Crippen LogP contribution in [0.4, 0.5) is 0 Å². The fourth-order valence-electron chi connectivity index (χ4n) is 2.57. The highest BCUT2D eigenvalue weighted by molar-refractivity contribution is 7.14. The van der Waals surface area contributed by atoms with Gasteiger partial charge in [0.1, 0.15) is 5.75 Å². The molecule has 0 saturated heterocycles. The molecular formula is C16H16O2S. The lowest BCUT2D eigenvalue weighted by molar-refractivity contribution is 0.103. The van der Waals surface area contributed by atoms with E-state index in [0.717, 1.165) is 23.3 Å². The predicted octanol–water partition coefficient (Wildman–Crippen LogP) is 3.78. The maximum Gasteiger partial charge on any atom is 0.206 e. The van der Waals surface area contributed by atoms with E-state index in [9.17, 15) is 4.79 Å². The fourth-order valence-corrected chi connectivity index (χ4v) is 3.78. The van der Waals surface area contributed by atoms with Crippen molar-refractivity contribution in [2.24, 2.45) is 0 Å². The molecule has 0 bridgehead atoms. The molecule has 19 heavy (non-hydrogen) atoms. The summed E-state index contributed by atoms with van der Waals surface area (Å²) >= 11 is 1.64. The van der Waals surface area contributed by atoms with Crippen LogP contribution in [0, 0.1) is 6.92 Å². The van der Waals surface area contributed by atoms with Gasteiger partial charge in [-0.2, -0.15) is 0 Å². The van der Waals surface area contributed by atoms with Crippen LogP contribution in [-0.4, -0.2) is 12.9 Å². The number of hydrogen-bond donors (Lipinski definition) is 0. The van der Waals surface area contributed by atoms with Gasteiger partial charge in [0.25, 0.3) is 0 Å².